The van der Waals surface area contributed by atoms with Gasteiger partial charge < -0.3 is 5.32 Å². The summed E-state index contributed by atoms with van der Waals surface area (Å²) < 4.78 is 13.5. The second-order valence-electron chi connectivity index (χ2n) is 4.19. The third-order valence-electron chi connectivity index (χ3n) is 2.84. The Labute approximate surface area is 116 Å². The van der Waals surface area contributed by atoms with Gasteiger partial charge in [-0.25, -0.2) is 4.39 Å². The number of hydrogen-bond acceptors (Lipinski definition) is 2. The molecular formula is C15H12ClFN2. The van der Waals surface area contributed by atoms with Crippen molar-refractivity contribution in [3.63, 3.8) is 0 Å². The molecule has 2 rings (SSSR count). The predicted octanol–water partition coefficient (Wildman–Crippen LogP) is 4.52. The minimum absolute atomic E-state index is 0.0379. The van der Waals surface area contributed by atoms with E-state index < -0.39 is 5.82 Å². The first-order chi connectivity index (χ1) is 9.11. The highest BCUT2D eigenvalue weighted by atomic mass is 35.5. The molecule has 2 aromatic rings. The zero-order valence-electron chi connectivity index (χ0n) is 10.3. The highest BCUT2D eigenvalue weighted by Gasteiger charge is 2.10. The van der Waals surface area contributed by atoms with Gasteiger partial charge in [0.1, 0.15) is 11.9 Å². The first kappa shape index (κ1) is 13.4. The van der Waals surface area contributed by atoms with E-state index in [1.807, 2.05) is 31.2 Å². The maximum atomic E-state index is 13.5. The van der Waals surface area contributed by atoms with Crippen LogP contribution < -0.4 is 5.32 Å². The predicted molar refractivity (Wildman–Crippen MR) is 74.6 cm³/mol. The Bertz CT molecular complexity index is 634. The minimum atomic E-state index is -0.529. The highest BCUT2D eigenvalue weighted by molar-refractivity contribution is 6.31. The summed E-state index contributed by atoms with van der Waals surface area (Å²) in [6.45, 7) is 1.94. The fourth-order valence-corrected chi connectivity index (χ4v) is 2.15. The molecule has 0 aliphatic rings. The molecule has 0 fully saturated rings. The zero-order valence-corrected chi connectivity index (χ0v) is 11.1. The second kappa shape index (κ2) is 5.73. The summed E-state index contributed by atoms with van der Waals surface area (Å²) in [7, 11) is 0. The summed E-state index contributed by atoms with van der Waals surface area (Å²) >= 11 is 6.11. The fraction of sp³-hybridized carbons (Fsp3) is 0.133. The molecule has 1 atom stereocenters. The summed E-state index contributed by atoms with van der Waals surface area (Å²) in [6.07, 6.45) is 0. The van der Waals surface area contributed by atoms with Crippen molar-refractivity contribution in [2.24, 2.45) is 0 Å². The molecule has 0 aliphatic heterocycles. The molecule has 2 nitrogen and oxygen atoms in total. The molecule has 0 spiro atoms. The van der Waals surface area contributed by atoms with Gasteiger partial charge in [0.05, 0.1) is 5.56 Å². The number of nitrogens with one attached hydrogen (secondary N) is 1. The fourth-order valence-electron chi connectivity index (χ4n) is 1.85. The third kappa shape index (κ3) is 3.04. The Balaban J connectivity index is 2.20. The van der Waals surface area contributed by atoms with Gasteiger partial charge in [0.25, 0.3) is 0 Å². The van der Waals surface area contributed by atoms with Crippen LogP contribution in [-0.4, -0.2) is 0 Å². The standard InChI is InChI=1S/C15H12ClFN2/c1-10(13-4-2-3-5-14(13)16)19-12-7-6-11(9-18)15(17)8-12/h2-8,10,19H,1H3. The first-order valence-corrected chi connectivity index (χ1v) is 6.20. The summed E-state index contributed by atoms with van der Waals surface area (Å²) in [5, 5.41) is 12.5. The molecule has 0 aromatic heterocycles. The Kier molecular flexibility index (Phi) is 4.03. The lowest BCUT2D eigenvalue weighted by molar-refractivity contribution is 0.624. The average molecular weight is 275 g/mol. The molecule has 0 radical (unpaired) electrons. The number of rotatable bonds is 3. The van der Waals surface area contributed by atoms with E-state index in [4.69, 9.17) is 16.9 Å². The minimum Gasteiger partial charge on any atom is -0.378 e. The molecule has 2 aromatic carbocycles. The molecule has 0 bridgehead atoms. The van der Waals surface area contributed by atoms with Crippen molar-refractivity contribution in [3.8, 4) is 6.07 Å². The number of halogens is 2. The van der Waals surface area contributed by atoms with Crippen LogP contribution in [0.3, 0.4) is 0 Å². The molecule has 1 N–H and O–H groups in total. The summed E-state index contributed by atoms with van der Waals surface area (Å²) in [5.74, 6) is -0.529. The Hall–Kier alpha value is -2.05. The van der Waals surface area contributed by atoms with Crippen molar-refractivity contribution in [1.29, 1.82) is 5.26 Å². The Morgan fingerprint density at radius 3 is 2.63 bits per heavy atom. The summed E-state index contributed by atoms with van der Waals surface area (Å²) in [4.78, 5) is 0. The van der Waals surface area contributed by atoms with Gasteiger partial charge in [-0.15, -0.1) is 0 Å². The lowest BCUT2D eigenvalue weighted by Gasteiger charge is -2.17. The van der Waals surface area contributed by atoms with Crippen molar-refractivity contribution >= 4 is 17.3 Å². The second-order valence-corrected chi connectivity index (χ2v) is 4.60. The van der Waals surface area contributed by atoms with Crippen LogP contribution in [0.1, 0.15) is 24.1 Å². The molecule has 1 unspecified atom stereocenters. The number of benzene rings is 2. The van der Waals surface area contributed by atoms with Crippen LogP contribution >= 0.6 is 11.6 Å². The van der Waals surface area contributed by atoms with Gasteiger partial charge in [-0.05, 0) is 36.8 Å². The van der Waals surface area contributed by atoms with Crippen molar-refractivity contribution in [3.05, 3.63) is 64.4 Å². The zero-order chi connectivity index (χ0) is 13.8. The molecule has 0 heterocycles. The largest absolute Gasteiger partial charge is 0.378 e. The van der Waals surface area contributed by atoms with Crippen LogP contribution in [0.4, 0.5) is 10.1 Å². The normalized spacial score (nSPS) is 11.7. The van der Waals surface area contributed by atoms with E-state index in [1.54, 1.807) is 12.1 Å². The molecule has 19 heavy (non-hydrogen) atoms. The van der Waals surface area contributed by atoms with Crippen molar-refractivity contribution in [2.75, 3.05) is 5.32 Å². The maximum absolute atomic E-state index is 13.5. The Morgan fingerprint density at radius 1 is 1.26 bits per heavy atom. The van der Waals surface area contributed by atoms with Gasteiger partial charge in [-0.3, -0.25) is 0 Å². The SMILES string of the molecule is CC(Nc1ccc(C#N)c(F)c1)c1ccccc1Cl. The Morgan fingerprint density at radius 2 is 2.00 bits per heavy atom. The van der Waals surface area contributed by atoms with Crippen molar-refractivity contribution in [1.82, 2.24) is 0 Å². The van der Waals surface area contributed by atoms with Gasteiger partial charge in [-0.1, -0.05) is 29.8 Å². The topological polar surface area (TPSA) is 35.8 Å². The van der Waals surface area contributed by atoms with E-state index in [9.17, 15) is 4.39 Å². The molecule has 4 heteroatoms. The highest BCUT2D eigenvalue weighted by Crippen LogP contribution is 2.26. The van der Waals surface area contributed by atoms with Crippen LogP contribution in [-0.2, 0) is 0 Å². The van der Waals surface area contributed by atoms with Gasteiger partial charge in [0.2, 0.25) is 0 Å². The summed E-state index contributed by atoms with van der Waals surface area (Å²) in [5.41, 5.74) is 1.59. The number of nitriles is 1. The molecule has 0 saturated heterocycles. The molecule has 0 amide bonds. The van der Waals surface area contributed by atoms with E-state index in [0.717, 1.165) is 5.56 Å². The van der Waals surface area contributed by atoms with Crippen LogP contribution in [0.2, 0.25) is 5.02 Å². The quantitative estimate of drug-likeness (QED) is 0.893. The molecule has 96 valence electrons. The van der Waals surface area contributed by atoms with E-state index in [1.165, 1.54) is 12.1 Å². The average Bonchev–Trinajstić information content (AvgIpc) is 2.39. The van der Waals surface area contributed by atoms with Gasteiger partial charge in [0, 0.05) is 16.8 Å². The molecule has 0 saturated carbocycles. The summed E-state index contributed by atoms with van der Waals surface area (Å²) in [6, 6.07) is 13.7. The maximum Gasteiger partial charge on any atom is 0.143 e. The lowest BCUT2D eigenvalue weighted by Crippen LogP contribution is -2.07. The number of nitrogens with zero attached hydrogens (tertiary/aromatic N) is 1. The van der Waals surface area contributed by atoms with Crippen LogP contribution in [0.15, 0.2) is 42.5 Å². The molecule has 0 aliphatic carbocycles. The third-order valence-corrected chi connectivity index (χ3v) is 3.19. The van der Waals surface area contributed by atoms with E-state index in [-0.39, 0.29) is 11.6 Å². The number of hydrogen-bond donors (Lipinski definition) is 1. The smallest absolute Gasteiger partial charge is 0.143 e. The number of anilines is 1. The van der Waals surface area contributed by atoms with Crippen molar-refractivity contribution in [2.45, 2.75) is 13.0 Å². The first-order valence-electron chi connectivity index (χ1n) is 5.82. The van der Waals surface area contributed by atoms with E-state index in [0.29, 0.717) is 10.7 Å². The van der Waals surface area contributed by atoms with Crippen LogP contribution in [0.5, 0.6) is 0 Å². The van der Waals surface area contributed by atoms with E-state index >= 15 is 0 Å². The van der Waals surface area contributed by atoms with Gasteiger partial charge in [0.15, 0.2) is 0 Å². The van der Waals surface area contributed by atoms with Crippen LogP contribution in [0.25, 0.3) is 0 Å². The monoisotopic (exact) mass is 274 g/mol. The van der Waals surface area contributed by atoms with Gasteiger partial charge >= 0.3 is 0 Å². The van der Waals surface area contributed by atoms with E-state index in [2.05, 4.69) is 5.32 Å². The van der Waals surface area contributed by atoms with Crippen molar-refractivity contribution < 1.29 is 4.39 Å². The van der Waals surface area contributed by atoms with Gasteiger partial charge in [-0.2, -0.15) is 5.26 Å². The lowest BCUT2D eigenvalue weighted by atomic mass is 10.1. The van der Waals surface area contributed by atoms with Crippen LogP contribution in [0, 0.1) is 17.1 Å². The molecular weight excluding hydrogens is 263 g/mol.